The number of halogens is 3. The summed E-state index contributed by atoms with van der Waals surface area (Å²) < 4.78 is 53.4. The monoisotopic (exact) mass is 324 g/mol. The Morgan fingerprint density at radius 1 is 1.40 bits per heavy atom. The number of amides is 1. The summed E-state index contributed by atoms with van der Waals surface area (Å²) in [7, 11) is 0.656. The number of nitrogens with zero attached hydrogens (tertiary/aromatic N) is 1. The number of nitriles is 1. The van der Waals surface area contributed by atoms with Gasteiger partial charge in [-0.15, -0.1) is 0 Å². The number of hydrogen-bond acceptors (Lipinski definition) is 5. The van der Waals surface area contributed by atoms with Crippen molar-refractivity contribution in [2.24, 2.45) is 0 Å². The van der Waals surface area contributed by atoms with E-state index in [1.807, 2.05) is 0 Å². The standard InChI is InChI=1S/C10H7ClF2N2O4S/c11-20(17,18)6-3-7(12)10(8(13)4-6)19-5-9(16)15-2-1-14/h3-4H,2,5H2,(H,15,16). The van der Waals surface area contributed by atoms with Gasteiger partial charge in [-0.1, -0.05) is 0 Å². The average Bonchev–Trinajstić information content (AvgIpc) is 2.34. The molecule has 1 amide bonds. The maximum Gasteiger partial charge on any atom is 0.261 e. The Morgan fingerprint density at radius 3 is 2.40 bits per heavy atom. The normalized spacial score (nSPS) is 10.7. The van der Waals surface area contributed by atoms with Gasteiger partial charge in [-0.25, -0.2) is 17.2 Å². The van der Waals surface area contributed by atoms with E-state index in [1.54, 1.807) is 6.07 Å². The molecule has 10 heteroatoms. The smallest absolute Gasteiger partial charge is 0.261 e. The van der Waals surface area contributed by atoms with Crippen LogP contribution in [0.2, 0.25) is 0 Å². The Hall–Kier alpha value is -1.92. The second-order valence-corrected chi connectivity index (χ2v) is 5.94. The number of carbonyl (C=O) groups is 1. The van der Waals surface area contributed by atoms with Gasteiger partial charge in [0, 0.05) is 10.7 Å². The summed E-state index contributed by atoms with van der Waals surface area (Å²) in [6.45, 7) is -1.01. The maximum atomic E-state index is 13.5. The highest BCUT2D eigenvalue weighted by atomic mass is 35.7. The first-order valence-electron chi connectivity index (χ1n) is 4.96. The van der Waals surface area contributed by atoms with E-state index in [9.17, 15) is 22.0 Å². The first-order valence-corrected chi connectivity index (χ1v) is 7.26. The Labute approximate surface area is 117 Å². The summed E-state index contributed by atoms with van der Waals surface area (Å²) in [6, 6.07) is 2.56. The molecule has 0 atom stereocenters. The van der Waals surface area contributed by atoms with Crippen molar-refractivity contribution in [3.8, 4) is 11.8 Å². The van der Waals surface area contributed by atoms with E-state index in [1.165, 1.54) is 0 Å². The van der Waals surface area contributed by atoms with Crippen LogP contribution in [0, 0.1) is 23.0 Å². The molecule has 1 rings (SSSR count). The molecular weight excluding hydrogens is 318 g/mol. The van der Waals surface area contributed by atoms with Crippen LogP contribution < -0.4 is 10.1 Å². The van der Waals surface area contributed by atoms with Crippen molar-refractivity contribution in [2.45, 2.75) is 4.90 Å². The molecule has 108 valence electrons. The third-order valence-corrected chi connectivity index (χ3v) is 3.30. The highest BCUT2D eigenvalue weighted by Gasteiger charge is 2.19. The molecule has 1 N–H and O–H groups in total. The molecule has 0 aliphatic heterocycles. The molecule has 0 saturated heterocycles. The van der Waals surface area contributed by atoms with Gasteiger partial charge >= 0.3 is 0 Å². The minimum absolute atomic E-state index is 0.281. The van der Waals surface area contributed by atoms with Crippen LogP contribution in [0.1, 0.15) is 0 Å². The highest BCUT2D eigenvalue weighted by molar-refractivity contribution is 8.13. The van der Waals surface area contributed by atoms with E-state index in [4.69, 9.17) is 15.9 Å². The van der Waals surface area contributed by atoms with Crippen LogP contribution in [-0.2, 0) is 13.8 Å². The van der Waals surface area contributed by atoms with Crippen molar-refractivity contribution in [1.29, 1.82) is 5.26 Å². The maximum absolute atomic E-state index is 13.5. The van der Waals surface area contributed by atoms with Crippen LogP contribution in [0.5, 0.6) is 5.75 Å². The lowest BCUT2D eigenvalue weighted by atomic mass is 10.3. The molecule has 0 aliphatic carbocycles. The zero-order valence-electron chi connectivity index (χ0n) is 9.69. The van der Waals surface area contributed by atoms with Crippen molar-refractivity contribution in [3.05, 3.63) is 23.8 Å². The Balaban J connectivity index is 2.88. The van der Waals surface area contributed by atoms with Crippen molar-refractivity contribution >= 4 is 25.6 Å². The number of rotatable bonds is 5. The van der Waals surface area contributed by atoms with Crippen LogP contribution in [0.15, 0.2) is 17.0 Å². The first kappa shape index (κ1) is 16.1. The molecule has 0 fully saturated rings. The molecule has 20 heavy (non-hydrogen) atoms. The summed E-state index contributed by atoms with van der Waals surface area (Å²) in [4.78, 5) is 10.3. The van der Waals surface area contributed by atoms with E-state index in [2.05, 4.69) is 10.1 Å². The number of hydrogen-bond donors (Lipinski definition) is 1. The zero-order chi connectivity index (χ0) is 15.3. The van der Waals surface area contributed by atoms with Crippen LogP contribution in [0.4, 0.5) is 8.78 Å². The highest BCUT2D eigenvalue weighted by Crippen LogP contribution is 2.26. The third-order valence-electron chi connectivity index (χ3n) is 1.97. The van der Waals surface area contributed by atoms with Gasteiger partial charge in [0.25, 0.3) is 15.0 Å². The minimum Gasteiger partial charge on any atom is -0.478 e. The topological polar surface area (TPSA) is 96.3 Å². The van der Waals surface area contributed by atoms with Crippen LogP contribution in [-0.4, -0.2) is 27.5 Å². The third kappa shape index (κ3) is 4.32. The van der Waals surface area contributed by atoms with E-state index in [0.717, 1.165) is 0 Å². The van der Waals surface area contributed by atoms with Gasteiger partial charge in [0.2, 0.25) is 0 Å². The fraction of sp³-hybridized carbons (Fsp3) is 0.200. The van der Waals surface area contributed by atoms with E-state index < -0.39 is 43.8 Å². The number of benzene rings is 1. The molecule has 0 bridgehead atoms. The van der Waals surface area contributed by atoms with Gasteiger partial charge in [0.05, 0.1) is 11.0 Å². The van der Waals surface area contributed by atoms with Gasteiger partial charge in [-0.3, -0.25) is 4.79 Å². The lowest BCUT2D eigenvalue weighted by molar-refractivity contribution is -0.122. The SMILES string of the molecule is N#CCNC(=O)COc1c(F)cc(S(=O)(=O)Cl)cc1F. The minimum atomic E-state index is -4.29. The lowest BCUT2D eigenvalue weighted by Gasteiger charge is -2.08. The molecule has 0 unspecified atom stereocenters. The molecule has 0 aromatic heterocycles. The molecule has 1 aromatic carbocycles. The lowest BCUT2D eigenvalue weighted by Crippen LogP contribution is -2.29. The second-order valence-electron chi connectivity index (χ2n) is 3.38. The largest absolute Gasteiger partial charge is 0.478 e. The predicted octanol–water partition coefficient (Wildman–Crippen LogP) is 0.911. The van der Waals surface area contributed by atoms with Crippen LogP contribution >= 0.6 is 10.7 Å². The van der Waals surface area contributed by atoms with Crippen LogP contribution in [0.25, 0.3) is 0 Å². The van der Waals surface area contributed by atoms with Gasteiger partial charge < -0.3 is 10.1 Å². The number of nitrogens with one attached hydrogen (secondary N) is 1. The fourth-order valence-electron chi connectivity index (χ4n) is 1.14. The van der Waals surface area contributed by atoms with Gasteiger partial charge in [0.1, 0.15) is 6.54 Å². The molecule has 0 aliphatic rings. The quantitative estimate of drug-likeness (QED) is 0.641. The predicted molar refractivity (Wildman–Crippen MR) is 63.5 cm³/mol. The van der Waals surface area contributed by atoms with Gasteiger partial charge in [-0.05, 0) is 12.1 Å². The van der Waals surface area contributed by atoms with E-state index in [-0.39, 0.29) is 6.54 Å². The van der Waals surface area contributed by atoms with Gasteiger partial charge in [-0.2, -0.15) is 5.26 Å². The summed E-state index contributed by atoms with van der Waals surface area (Å²) >= 11 is 0. The van der Waals surface area contributed by atoms with Crippen molar-refractivity contribution in [2.75, 3.05) is 13.2 Å². The molecule has 6 nitrogen and oxygen atoms in total. The molecular formula is C10H7ClF2N2O4S. The average molecular weight is 325 g/mol. The van der Waals surface area contributed by atoms with Crippen molar-refractivity contribution in [1.82, 2.24) is 5.32 Å². The second kappa shape index (κ2) is 6.49. The van der Waals surface area contributed by atoms with E-state index >= 15 is 0 Å². The molecule has 0 heterocycles. The molecule has 0 radical (unpaired) electrons. The van der Waals surface area contributed by atoms with Gasteiger partial charge in [0.15, 0.2) is 24.0 Å². The Morgan fingerprint density at radius 2 is 1.95 bits per heavy atom. The zero-order valence-corrected chi connectivity index (χ0v) is 11.3. The summed E-state index contributed by atoms with van der Waals surface area (Å²) in [5, 5.41) is 10.3. The Bertz CT molecular complexity index is 649. The molecule has 0 saturated carbocycles. The molecule has 1 aromatic rings. The van der Waals surface area contributed by atoms with Crippen molar-refractivity contribution in [3.63, 3.8) is 0 Å². The number of ether oxygens (including phenoxy) is 1. The number of carbonyl (C=O) groups excluding carboxylic acids is 1. The van der Waals surface area contributed by atoms with E-state index in [0.29, 0.717) is 12.1 Å². The van der Waals surface area contributed by atoms with Crippen LogP contribution in [0.3, 0.4) is 0 Å². The summed E-state index contributed by atoms with van der Waals surface area (Å²) in [5.74, 6) is -4.32. The van der Waals surface area contributed by atoms with Crippen molar-refractivity contribution < 1.29 is 26.7 Å². The summed E-state index contributed by atoms with van der Waals surface area (Å²) in [6.07, 6.45) is 0. The summed E-state index contributed by atoms with van der Waals surface area (Å²) in [5.41, 5.74) is 0. The fourth-order valence-corrected chi connectivity index (χ4v) is 1.90. The molecule has 0 spiro atoms. The Kier molecular flexibility index (Phi) is 5.24. The first-order chi connectivity index (χ1) is 9.25.